The SMILES string of the molecule is Cc1cccc(N2C[C@H](C(=O)Nc3cccc([N+](=O)[O-])c3)CC2=O)c1C. The number of carbonyl (C=O) groups is 2. The van der Waals surface area contributed by atoms with Gasteiger partial charge in [0.2, 0.25) is 11.8 Å². The smallest absolute Gasteiger partial charge is 0.271 e. The average Bonchev–Trinajstić information content (AvgIpc) is 2.99. The minimum Gasteiger partial charge on any atom is -0.326 e. The second kappa shape index (κ2) is 6.95. The summed E-state index contributed by atoms with van der Waals surface area (Å²) >= 11 is 0. The normalized spacial score (nSPS) is 16.6. The van der Waals surface area contributed by atoms with Gasteiger partial charge in [-0.05, 0) is 37.1 Å². The number of nitrogens with one attached hydrogen (secondary N) is 1. The van der Waals surface area contributed by atoms with Gasteiger partial charge in [0.1, 0.15) is 0 Å². The number of hydrogen-bond acceptors (Lipinski definition) is 4. The van der Waals surface area contributed by atoms with Crippen LogP contribution in [-0.2, 0) is 9.59 Å². The summed E-state index contributed by atoms with van der Waals surface area (Å²) in [7, 11) is 0. The zero-order valence-electron chi connectivity index (χ0n) is 14.6. The Balaban J connectivity index is 1.74. The first-order valence-electron chi connectivity index (χ1n) is 8.28. The zero-order chi connectivity index (χ0) is 18.8. The second-order valence-corrected chi connectivity index (χ2v) is 6.42. The molecule has 2 amide bonds. The monoisotopic (exact) mass is 353 g/mol. The highest BCUT2D eigenvalue weighted by molar-refractivity contribution is 6.04. The van der Waals surface area contributed by atoms with Crippen LogP contribution in [0.4, 0.5) is 17.1 Å². The molecule has 7 heteroatoms. The average molecular weight is 353 g/mol. The van der Waals surface area contributed by atoms with Gasteiger partial charge in [-0.2, -0.15) is 0 Å². The molecule has 0 aromatic heterocycles. The van der Waals surface area contributed by atoms with E-state index >= 15 is 0 Å². The number of nitro groups is 1. The Morgan fingerprint density at radius 2 is 1.96 bits per heavy atom. The Bertz CT molecular complexity index is 894. The van der Waals surface area contributed by atoms with E-state index in [1.807, 2.05) is 32.0 Å². The molecule has 3 rings (SSSR count). The minimum atomic E-state index is -0.517. The van der Waals surface area contributed by atoms with Crippen LogP contribution in [0.15, 0.2) is 42.5 Å². The molecule has 1 atom stereocenters. The quantitative estimate of drug-likeness (QED) is 0.675. The number of rotatable bonds is 4. The van der Waals surface area contributed by atoms with Crippen molar-refractivity contribution in [2.24, 2.45) is 5.92 Å². The highest BCUT2D eigenvalue weighted by Gasteiger charge is 2.35. The van der Waals surface area contributed by atoms with Crippen LogP contribution in [0.25, 0.3) is 0 Å². The molecule has 2 aromatic carbocycles. The van der Waals surface area contributed by atoms with Crippen LogP contribution in [-0.4, -0.2) is 23.3 Å². The molecule has 26 heavy (non-hydrogen) atoms. The van der Waals surface area contributed by atoms with Crippen molar-refractivity contribution in [2.45, 2.75) is 20.3 Å². The highest BCUT2D eigenvalue weighted by Crippen LogP contribution is 2.30. The summed E-state index contributed by atoms with van der Waals surface area (Å²) in [6.07, 6.45) is 0.119. The van der Waals surface area contributed by atoms with Crippen molar-refractivity contribution in [2.75, 3.05) is 16.8 Å². The van der Waals surface area contributed by atoms with E-state index in [1.54, 1.807) is 11.0 Å². The first-order valence-corrected chi connectivity index (χ1v) is 8.28. The Kier molecular flexibility index (Phi) is 4.71. The number of aryl methyl sites for hydroxylation is 1. The first kappa shape index (κ1) is 17.6. The third kappa shape index (κ3) is 3.42. The summed E-state index contributed by atoms with van der Waals surface area (Å²) in [5.74, 6) is -0.911. The van der Waals surface area contributed by atoms with Crippen LogP contribution < -0.4 is 10.2 Å². The van der Waals surface area contributed by atoms with Crippen molar-refractivity contribution in [3.8, 4) is 0 Å². The fourth-order valence-electron chi connectivity index (χ4n) is 3.09. The molecule has 1 aliphatic heterocycles. The van der Waals surface area contributed by atoms with E-state index in [4.69, 9.17) is 0 Å². The molecule has 0 unspecified atom stereocenters. The van der Waals surface area contributed by atoms with Gasteiger partial charge in [0.25, 0.3) is 5.69 Å². The molecule has 1 N–H and O–H groups in total. The number of carbonyl (C=O) groups excluding carboxylic acids is 2. The van der Waals surface area contributed by atoms with Gasteiger partial charge in [0.15, 0.2) is 0 Å². The Morgan fingerprint density at radius 3 is 2.69 bits per heavy atom. The molecule has 0 radical (unpaired) electrons. The number of nitro benzene ring substituents is 1. The van der Waals surface area contributed by atoms with Gasteiger partial charge < -0.3 is 10.2 Å². The predicted molar refractivity (Wildman–Crippen MR) is 98.1 cm³/mol. The molecule has 1 heterocycles. The van der Waals surface area contributed by atoms with Crippen LogP contribution in [0, 0.1) is 29.9 Å². The van der Waals surface area contributed by atoms with E-state index in [2.05, 4.69) is 5.32 Å². The maximum absolute atomic E-state index is 12.5. The molecule has 0 spiro atoms. The largest absolute Gasteiger partial charge is 0.326 e. The molecule has 134 valence electrons. The van der Waals surface area contributed by atoms with Crippen molar-refractivity contribution < 1.29 is 14.5 Å². The van der Waals surface area contributed by atoms with Gasteiger partial charge >= 0.3 is 0 Å². The molecule has 0 aliphatic carbocycles. The summed E-state index contributed by atoms with van der Waals surface area (Å²) in [5.41, 5.74) is 3.17. The van der Waals surface area contributed by atoms with E-state index < -0.39 is 10.8 Å². The number of benzene rings is 2. The van der Waals surface area contributed by atoms with Gasteiger partial charge in [-0.15, -0.1) is 0 Å². The third-order valence-electron chi connectivity index (χ3n) is 4.69. The second-order valence-electron chi connectivity index (χ2n) is 6.42. The molecule has 1 saturated heterocycles. The van der Waals surface area contributed by atoms with Gasteiger partial charge in [-0.1, -0.05) is 18.2 Å². The summed E-state index contributed by atoms with van der Waals surface area (Å²) in [4.78, 5) is 36.9. The summed E-state index contributed by atoms with van der Waals surface area (Å²) < 4.78 is 0. The molecule has 2 aromatic rings. The Morgan fingerprint density at radius 1 is 1.23 bits per heavy atom. The lowest BCUT2D eigenvalue weighted by Crippen LogP contribution is -2.28. The fraction of sp³-hybridized carbons (Fsp3) is 0.263. The van der Waals surface area contributed by atoms with E-state index in [-0.39, 0.29) is 23.9 Å². The van der Waals surface area contributed by atoms with E-state index in [0.717, 1.165) is 16.8 Å². The van der Waals surface area contributed by atoms with Crippen molar-refractivity contribution in [3.05, 3.63) is 63.7 Å². The molecule has 1 aliphatic rings. The molecule has 0 bridgehead atoms. The highest BCUT2D eigenvalue weighted by atomic mass is 16.6. The van der Waals surface area contributed by atoms with E-state index in [1.165, 1.54) is 18.2 Å². The third-order valence-corrected chi connectivity index (χ3v) is 4.69. The molecular weight excluding hydrogens is 334 g/mol. The summed E-state index contributed by atoms with van der Waals surface area (Å²) in [6, 6.07) is 11.5. The number of non-ortho nitro benzene ring substituents is 1. The molecule has 1 fully saturated rings. The number of anilines is 2. The zero-order valence-corrected chi connectivity index (χ0v) is 14.6. The standard InChI is InChI=1S/C19H19N3O4/c1-12-5-3-8-17(13(12)2)21-11-14(9-18(21)23)19(24)20-15-6-4-7-16(10-15)22(25)26/h3-8,10,14H,9,11H2,1-2H3,(H,20,24)/t14-/m1/s1. The topological polar surface area (TPSA) is 92.6 Å². The maximum atomic E-state index is 12.5. The number of amides is 2. The van der Waals surface area contributed by atoms with Crippen molar-refractivity contribution >= 4 is 28.9 Å². The van der Waals surface area contributed by atoms with Gasteiger partial charge in [0.05, 0.1) is 10.8 Å². The van der Waals surface area contributed by atoms with E-state index in [0.29, 0.717) is 12.2 Å². The number of nitrogens with zero attached hydrogens (tertiary/aromatic N) is 2. The first-order chi connectivity index (χ1) is 12.4. The van der Waals surface area contributed by atoms with Crippen molar-refractivity contribution in [3.63, 3.8) is 0 Å². The Labute approximate surface area is 150 Å². The predicted octanol–water partition coefficient (Wildman–Crippen LogP) is 3.20. The molecular formula is C19H19N3O4. The van der Waals surface area contributed by atoms with Crippen molar-refractivity contribution in [1.82, 2.24) is 0 Å². The lowest BCUT2D eigenvalue weighted by molar-refractivity contribution is -0.384. The van der Waals surface area contributed by atoms with Gasteiger partial charge in [-0.3, -0.25) is 19.7 Å². The summed E-state index contributed by atoms with van der Waals surface area (Å²) in [5, 5.41) is 13.5. The van der Waals surface area contributed by atoms with Crippen LogP contribution in [0.3, 0.4) is 0 Å². The van der Waals surface area contributed by atoms with Crippen molar-refractivity contribution in [1.29, 1.82) is 0 Å². The maximum Gasteiger partial charge on any atom is 0.271 e. The van der Waals surface area contributed by atoms with Crippen LogP contribution in [0.2, 0.25) is 0 Å². The van der Waals surface area contributed by atoms with Crippen LogP contribution >= 0.6 is 0 Å². The summed E-state index contributed by atoms with van der Waals surface area (Å²) in [6.45, 7) is 4.23. The molecule has 7 nitrogen and oxygen atoms in total. The number of hydrogen-bond donors (Lipinski definition) is 1. The fourth-order valence-corrected chi connectivity index (χ4v) is 3.09. The Hall–Kier alpha value is -3.22. The van der Waals surface area contributed by atoms with Gasteiger partial charge in [-0.25, -0.2) is 0 Å². The lowest BCUT2D eigenvalue weighted by atomic mass is 10.1. The van der Waals surface area contributed by atoms with Gasteiger partial charge in [0, 0.05) is 36.5 Å². The lowest BCUT2D eigenvalue weighted by Gasteiger charge is -2.20. The van der Waals surface area contributed by atoms with Crippen LogP contribution in [0.5, 0.6) is 0 Å². The van der Waals surface area contributed by atoms with E-state index in [9.17, 15) is 19.7 Å². The minimum absolute atomic E-state index is 0.0951. The van der Waals surface area contributed by atoms with Crippen LogP contribution in [0.1, 0.15) is 17.5 Å². The molecule has 0 saturated carbocycles.